The van der Waals surface area contributed by atoms with Crippen molar-refractivity contribution in [3.05, 3.63) is 65.2 Å². The van der Waals surface area contributed by atoms with Crippen molar-refractivity contribution in [1.82, 2.24) is 4.90 Å². The lowest BCUT2D eigenvalue weighted by Crippen LogP contribution is -2.16. The SMILES string of the molecule is CN(C)C(=O)Sc1ccc(C(=O)c2cccc(C#N)c2)cc1. The fourth-order valence-electron chi connectivity index (χ4n) is 1.76. The summed E-state index contributed by atoms with van der Waals surface area (Å²) < 4.78 is 0. The monoisotopic (exact) mass is 310 g/mol. The summed E-state index contributed by atoms with van der Waals surface area (Å²) in [6, 6.07) is 15.5. The molecule has 22 heavy (non-hydrogen) atoms. The minimum Gasteiger partial charge on any atom is -0.339 e. The summed E-state index contributed by atoms with van der Waals surface area (Å²) in [5.74, 6) is -0.146. The Morgan fingerprint density at radius 1 is 1.05 bits per heavy atom. The zero-order chi connectivity index (χ0) is 16.1. The first-order chi connectivity index (χ1) is 10.5. The van der Waals surface area contributed by atoms with Gasteiger partial charge in [-0.2, -0.15) is 5.26 Å². The lowest BCUT2D eigenvalue weighted by Gasteiger charge is -2.09. The fourth-order valence-corrected chi connectivity index (χ4v) is 2.42. The van der Waals surface area contributed by atoms with Gasteiger partial charge < -0.3 is 4.90 Å². The number of benzene rings is 2. The van der Waals surface area contributed by atoms with Crippen molar-refractivity contribution in [3.8, 4) is 6.07 Å². The molecule has 0 aliphatic rings. The van der Waals surface area contributed by atoms with Gasteiger partial charge in [0.2, 0.25) is 0 Å². The predicted octanol–water partition coefficient (Wildman–Crippen LogP) is 3.56. The molecule has 4 nitrogen and oxygen atoms in total. The molecule has 0 fully saturated rings. The molecule has 0 aliphatic heterocycles. The normalized spacial score (nSPS) is 9.86. The van der Waals surface area contributed by atoms with E-state index >= 15 is 0 Å². The Morgan fingerprint density at radius 3 is 2.32 bits per heavy atom. The average Bonchev–Trinajstić information content (AvgIpc) is 2.54. The van der Waals surface area contributed by atoms with Crippen LogP contribution in [0.25, 0.3) is 0 Å². The molecule has 5 heteroatoms. The smallest absolute Gasteiger partial charge is 0.285 e. The van der Waals surface area contributed by atoms with E-state index < -0.39 is 0 Å². The van der Waals surface area contributed by atoms with Crippen LogP contribution < -0.4 is 0 Å². The summed E-state index contributed by atoms with van der Waals surface area (Å²) >= 11 is 1.11. The summed E-state index contributed by atoms with van der Waals surface area (Å²) in [6.07, 6.45) is 0. The number of hydrogen-bond acceptors (Lipinski definition) is 4. The van der Waals surface area contributed by atoms with Crippen LogP contribution in [0.4, 0.5) is 4.79 Å². The molecule has 2 aromatic carbocycles. The van der Waals surface area contributed by atoms with Crippen LogP contribution >= 0.6 is 11.8 Å². The molecule has 2 aromatic rings. The Hall–Kier alpha value is -2.58. The van der Waals surface area contributed by atoms with E-state index in [1.165, 1.54) is 4.90 Å². The summed E-state index contributed by atoms with van der Waals surface area (Å²) in [6.45, 7) is 0. The Morgan fingerprint density at radius 2 is 1.73 bits per heavy atom. The van der Waals surface area contributed by atoms with E-state index in [2.05, 4.69) is 0 Å². The highest BCUT2D eigenvalue weighted by Gasteiger charge is 2.11. The number of nitrogens with zero attached hydrogens (tertiary/aromatic N) is 2. The van der Waals surface area contributed by atoms with Gasteiger partial charge in [-0.25, -0.2) is 0 Å². The first-order valence-electron chi connectivity index (χ1n) is 6.55. The van der Waals surface area contributed by atoms with Gasteiger partial charge in [0.1, 0.15) is 0 Å². The molecule has 0 unspecified atom stereocenters. The molecule has 0 atom stereocenters. The van der Waals surface area contributed by atoms with Crippen LogP contribution in [0.5, 0.6) is 0 Å². The summed E-state index contributed by atoms with van der Waals surface area (Å²) in [5, 5.41) is 8.81. The maximum Gasteiger partial charge on any atom is 0.285 e. The van der Waals surface area contributed by atoms with Gasteiger partial charge in [-0.05, 0) is 48.2 Å². The average molecular weight is 310 g/mol. The van der Waals surface area contributed by atoms with Gasteiger partial charge in [-0.1, -0.05) is 12.1 Å². The summed E-state index contributed by atoms with van der Waals surface area (Å²) in [5.41, 5.74) is 1.45. The molecule has 0 aliphatic carbocycles. The number of carbonyl (C=O) groups is 2. The molecule has 1 amide bonds. The quantitative estimate of drug-likeness (QED) is 0.642. The van der Waals surface area contributed by atoms with Crippen LogP contribution in [0.1, 0.15) is 21.5 Å². The zero-order valence-corrected chi connectivity index (χ0v) is 13.1. The topological polar surface area (TPSA) is 61.2 Å². The number of hydrogen-bond donors (Lipinski definition) is 0. The minimum atomic E-state index is -0.146. The highest BCUT2D eigenvalue weighted by molar-refractivity contribution is 8.13. The van der Waals surface area contributed by atoms with Crippen molar-refractivity contribution < 1.29 is 9.59 Å². The minimum absolute atomic E-state index is 0.0687. The second-order valence-corrected chi connectivity index (χ2v) is 5.83. The van der Waals surface area contributed by atoms with Gasteiger partial charge in [0.25, 0.3) is 5.24 Å². The lowest BCUT2D eigenvalue weighted by molar-refractivity contribution is 0.103. The highest BCUT2D eigenvalue weighted by Crippen LogP contribution is 2.22. The Labute approximate surface area is 133 Å². The van der Waals surface area contributed by atoms with E-state index in [0.29, 0.717) is 16.7 Å². The fraction of sp³-hybridized carbons (Fsp3) is 0.118. The van der Waals surface area contributed by atoms with Crippen molar-refractivity contribution in [1.29, 1.82) is 5.26 Å². The van der Waals surface area contributed by atoms with Crippen molar-refractivity contribution in [2.24, 2.45) is 0 Å². The lowest BCUT2D eigenvalue weighted by atomic mass is 10.0. The molecular formula is C17H14N2O2S. The van der Waals surface area contributed by atoms with Crippen LogP contribution in [-0.4, -0.2) is 30.0 Å². The van der Waals surface area contributed by atoms with Crippen LogP contribution in [0.15, 0.2) is 53.4 Å². The van der Waals surface area contributed by atoms with Crippen LogP contribution in [0.2, 0.25) is 0 Å². The predicted molar refractivity (Wildman–Crippen MR) is 86.0 cm³/mol. The largest absolute Gasteiger partial charge is 0.339 e. The Kier molecular flexibility index (Phi) is 4.97. The number of amides is 1. The third-order valence-electron chi connectivity index (χ3n) is 2.94. The van der Waals surface area contributed by atoms with Crippen molar-refractivity contribution in [2.75, 3.05) is 14.1 Å². The second kappa shape index (κ2) is 6.92. The second-order valence-electron chi connectivity index (χ2n) is 4.81. The number of rotatable bonds is 3. The molecule has 2 rings (SSSR count). The molecular weight excluding hydrogens is 296 g/mol. The number of thioether (sulfide) groups is 1. The van der Waals surface area contributed by atoms with Crippen LogP contribution in [-0.2, 0) is 0 Å². The van der Waals surface area contributed by atoms with Crippen molar-refractivity contribution >= 4 is 22.8 Å². The van der Waals surface area contributed by atoms with E-state index in [-0.39, 0.29) is 11.0 Å². The van der Waals surface area contributed by atoms with Crippen LogP contribution in [0, 0.1) is 11.3 Å². The van der Waals surface area contributed by atoms with Gasteiger partial charge >= 0.3 is 0 Å². The van der Waals surface area contributed by atoms with E-state index in [4.69, 9.17) is 5.26 Å². The molecule has 0 saturated carbocycles. The zero-order valence-electron chi connectivity index (χ0n) is 12.2. The third-order valence-corrected chi connectivity index (χ3v) is 3.99. The van der Waals surface area contributed by atoms with E-state index in [1.54, 1.807) is 62.6 Å². The Balaban J connectivity index is 2.18. The standard InChI is InChI=1S/C17H14N2O2S/c1-19(2)17(21)22-15-8-6-13(7-9-15)16(20)14-5-3-4-12(10-14)11-18/h3-10H,1-2H3. The molecule has 0 heterocycles. The molecule has 0 spiro atoms. The first-order valence-corrected chi connectivity index (χ1v) is 7.37. The highest BCUT2D eigenvalue weighted by atomic mass is 32.2. The van der Waals surface area contributed by atoms with Crippen LogP contribution in [0.3, 0.4) is 0 Å². The molecule has 0 aromatic heterocycles. The molecule has 0 radical (unpaired) electrons. The number of nitriles is 1. The number of carbonyl (C=O) groups excluding carboxylic acids is 2. The maximum absolute atomic E-state index is 12.4. The first kappa shape index (κ1) is 15.8. The third kappa shape index (κ3) is 3.74. The molecule has 110 valence electrons. The summed E-state index contributed by atoms with van der Waals surface area (Å²) in [7, 11) is 3.38. The van der Waals surface area contributed by atoms with Gasteiger partial charge in [0.05, 0.1) is 11.6 Å². The van der Waals surface area contributed by atoms with E-state index in [0.717, 1.165) is 16.7 Å². The number of ketones is 1. The maximum atomic E-state index is 12.4. The Bertz CT molecular complexity index is 746. The summed E-state index contributed by atoms with van der Waals surface area (Å²) in [4.78, 5) is 26.3. The molecule has 0 N–H and O–H groups in total. The van der Waals surface area contributed by atoms with E-state index in [1.807, 2.05) is 6.07 Å². The van der Waals surface area contributed by atoms with Crippen molar-refractivity contribution in [2.45, 2.75) is 4.90 Å². The van der Waals surface area contributed by atoms with Gasteiger partial charge in [-0.3, -0.25) is 9.59 Å². The molecule has 0 saturated heterocycles. The van der Waals surface area contributed by atoms with Gasteiger partial charge in [0, 0.05) is 30.1 Å². The van der Waals surface area contributed by atoms with Gasteiger partial charge in [0.15, 0.2) is 5.78 Å². The van der Waals surface area contributed by atoms with E-state index in [9.17, 15) is 9.59 Å². The van der Waals surface area contributed by atoms with Gasteiger partial charge in [-0.15, -0.1) is 0 Å². The van der Waals surface area contributed by atoms with Crippen molar-refractivity contribution in [3.63, 3.8) is 0 Å². The molecule has 0 bridgehead atoms.